The maximum atomic E-state index is 12.9. The first-order valence-electron chi connectivity index (χ1n) is 10.3. The van der Waals surface area contributed by atoms with Gasteiger partial charge in [0.05, 0.1) is 24.5 Å². The summed E-state index contributed by atoms with van der Waals surface area (Å²) in [6, 6.07) is 11.4. The van der Waals surface area contributed by atoms with Gasteiger partial charge in [0.15, 0.2) is 0 Å². The van der Waals surface area contributed by atoms with Gasteiger partial charge in [-0.1, -0.05) is 11.6 Å². The van der Waals surface area contributed by atoms with E-state index >= 15 is 0 Å². The molecule has 2 amide bonds. The molecule has 0 aliphatic carbocycles. The normalized spacial score (nSPS) is 16.3. The molecular weight excluding hydrogens is 454 g/mol. The van der Waals surface area contributed by atoms with E-state index in [4.69, 9.17) is 16.3 Å². The predicted molar refractivity (Wildman–Crippen MR) is 125 cm³/mol. The molecule has 1 heterocycles. The third-order valence-corrected chi connectivity index (χ3v) is 6.83. The zero-order chi connectivity index (χ0) is 23.3. The number of sulfonamides is 1. The third-order valence-electron chi connectivity index (χ3n) is 5.29. The molecule has 10 heteroatoms. The Morgan fingerprint density at radius 3 is 2.56 bits per heavy atom. The van der Waals surface area contributed by atoms with Gasteiger partial charge in [-0.2, -0.15) is 0 Å². The summed E-state index contributed by atoms with van der Waals surface area (Å²) in [5.41, 5.74) is 1.31. The Hall–Kier alpha value is -2.78. The number of nitrogens with one attached hydrogen (secondary N) is 2. The number of hydrogen-bond donors (Lipinski definition) is 2. The number of methoxy groups -OCH3 is 1. The Labute approximate surface area is 192 Å². The van der Waals surface area contributed by atoms with Crippen molar-refractivity contribution in [2.24, 2.45) is 5.92 Å². The number of carbonyl (C=O) groups excluding carboxylic acids is 2. The van der Waals surface area contributed by atoms with E-state index in [2.05, 4.69) is 10.0 Å². The minimum absolute atomic E-state index is 0.0679. The average molecular weight is 480 g/mol. The topological polar surface area (TPSA) is 105 Å². The number of nitrogens with zero attached hydrogens (tertiary/aromatic N) is 1. The lowest BCUT2D eigenvalue weighted by atomic mass is 9.96. The fourth-order valence-electron chi connectivity index (χ4n) is 3.49. The van der Waals surface area contributed by atoms with E-state index in [1.54, 1.807) is 47.4 Å². The summed E-state index contributed by atoms with van der Waals surface area (Å²) in [5, 5.41) is 3.40. The highest BCUT2D eigenvalue weighted by Gasteiger charge is 2.29. The number of anilines is 2. The molecule has 0 saturated carbocycles. The van der Waals surface area contributed by atoms with E-state index in [-0.39, 0.29) is 23.5 Å². The van der Waals surface area contributed by atoms with Crippen molar-refractivity contribution >= 4 is 44.8 Å². The zero-order valence-electron chi connectivity index (χ0n) is 17.9. The molecule has 2 aromatic rings. The van der Waals surface area contributed by atoms with E-state index in [0.29, 0.717) is 47.2 Å². The number of benzene rings is 2. The summed E-state index contributed by atoms with van der Waals surface area (Å²) in [4.78, 5) is 27.3. The number of carbonyl (C=O) groups is 2. The maximum absolute atomic E-state index is 12.9. The number of hydrogen-bond acceptors (Lipinski definition) is 5. The lowest BCUT2D eigenvalue weighted by molar-refractivity contribution is -0.121. The van der Waals surface area contributed by atoms with Crippen molar-refractivity contribution in [2.75, 3.05) is 36.0 Å². The lowest BCUT2D eigenvalue weighted by Crippen LogP contribution is -2.43. The molecule has 1 aliphatic heterocycles. The fraction of sp³-hybridized carbons (Fsp3) is 0.364. The van der Waals surface area contributed by atoms with Crippen molar-refractivity contribution in [1.29, 1.82) is 0 Å². The minimum Gasteiger partial charge on any atom is -0.494 e. The van der Waals surface area contributed by atoms with Gasteiger partial charge in [-0.3, -0.25) is 14.3 Å². The second-order valence-corrected chi connectivity index (χ2v) is 9.95. The molecule has 2 N–H and O–H groups in total. The van der Waals surface area contributed by atoms with Gasteiger partial charge in [0.25, 0.3) is 5.91 Å². The van der Waals surface area contributed by atoms with Crippen LogP contribution in [-0.4, -0.2) is 51.1 Å². The molecule has 1 unspecified atom stereocenters. The molecule has 3 rings (SSSR count). The molecule has 8 nitrogen and oxygen atoms in total. The standard InChI is InChI=1S/C22H26ClN3O5S/c1-3-32(29,30)25-19-11-10-18(13-20(19)31-2)24-21(27)16-5-4-12-26(14-16)22(28)15-6-8-17(23)9-7-15/h6-11,13,16,25H,3-5,12,14H2,1-2H3,(H,24,27). The SMILES string of the molecule is CCS(=O)(=O)Nc1ccc(NC(=O)C2CCCN(C(=O)c3ccc(Cl)cc3)C2)cc1OC. The highest BCUT2D eigenvalue weighted by atomic mass is 35.5. The smallest absolute Gasteiger partial charge is 0.253 e. The number of amides is 2. The van der Waals surface area contributed by atoms with E-state index in [0.717, 1.165) is 6.42 Å². The number of ether oxygens (including phenoxy) is 1. The molecular formula is C22H26ClN3O5S. The van der Waals surface area contributed by atoms with Crippen LogP contribution in [0.3, 0.4) is 0 Å². The van der Waals surface area contributed by atoms with Gasteiger partial charge in [-0.15, -0.1) is 0 Å². The second kappa shape index (κ2) is 10.2. The summed E-state index contributed by atoms with van der Waals surface area (Å²) in [6.45, 7) is 2.44. The molecule has 32 heavy (non-hydrogen) atoms. The summed E-state index contributed by atoms with van der Waals surface area (Å²) >= 11 is 5.89. The molecule has 0 bridgehead atoms. The number of likely N-dealkylation sites (tertiary alicyclic amines) is 1. The number of piperidine rings is 1. The van der Waals surface area contributed by atoms with Crippen LogP contribution in [0.2, 0.25) is 5.02 Å². The Bertz CT molecular complexity index is 1090. The molecule has 0 spiro atoms. The van der Waals surface area contributed by atoms with Gasteiger partial charge < -0.3 is 15.0 Å². The lowest BCUT2D eigenvalue weighted by Gasteiger charge is -2.32. The summed E-state index contributed by atoms with van der Waals surface area (Å²) < 4.78 is 31.4. The van der Waals surface area contributed by atoms with Crippen LogP contribution in [0, 0.1) is 5.92 Å². The van der Waals surface area contributed by atoms with Crippen LogP contribution >= 0.6 is 11.6 Å². The van der Waals surface area contributed by atoms with Crippen molar-refractivity contribution in [1.82, 2.24) is 4.90 Å². The number of halogens is 1. The highest BCUT2D eigenvalue weighted by molar-refractivity contribution is 7.92. The largest absolute Gasteiger partial charge is 0.494 e. The fourth-order valence-corrected chi connectivity index (χ4v) is 4.26. The van der Waals surface area contributed by atoms with Crippen molar-refractivity contribution < 1.29 is 22.7 Å². The van der Waals surface area contributed by atoms with Gasteiger partial charge in [0, 0.05) is 35.4 Å². The van der Waals surface area contributed by atoms with E-state index < -0.39 is 10.0 Å². The Morgan fingerprint density at radius 1 is 1.19 bits per heavy atom. The van der Waals surface area contributed by atoms with Crippen molar-refractivity contribution in [3.05, 3.63) is 53.1 Å². The van der Waals surface area contributed by atoms with E-state index in [1.807, 2.05) is 0 Å². The Kier molecular flexibility index (Phi) is 7.63. The number of rotatable bonds is 7. The van der Waals surface area contributed by atoms with Gasteiger partial charge in [0.2, 0.25) is 15.9 Å². The first-order chi connectivity index (χ1) is 15.2. The molecule has 1 fully saturated rings. The Morgan fingerprint density at radius 2 is 1.91 bits per heavy atom. The Balaban J connectivity index is 1.67. The quantitative estimate of drug-likeness (QED) is 0.631. The third kappa shape index (κ3) is 5.92. The van der Waals surface area contributed by atoms with Crippen LogP contribution in [-0.2, 0) is 14.8 Å². The second-order valence-electron chi connectivity index (χ2n) is 7.51. The minimum atomic E-state index is -3.46. The van der Waals surface area contributed by atoms with E-state index in [9.17, 15) is 18.0 Å². The highest BCUT2D eigenvalue weighted by Crippen LogP contribution is 2.29. The molecule has 1 atom stereocenters. The first kappa shape index (κ1) is 23.9. The molecule has 0 radical (unpaired) electrons. The zero-order valence-corrected chi connectivity index (χ0v) is 19.5. The first-order valence-corrected chi connectivity index (χ1v) is 12.3. The van der Waals surface area contributed by atoms with Gasteiger partial charge >= 0.3 is 0 Å². The maximum Gasteiger partial charge on any atom is 0.253 e. The van der Waals surface area contributed by atoms with Gasteiger partial charge in [0.1, 0.15) is 5.75 Å². The van der Waals surface area contributed by atoms with Gasteiger partial charge in [-0.05, 0) is 56.2 Å². The van der Waals surface area contributed by atoms with Crippen LogP contribution < -0.4 is 14.8 Å². The molecule has 1 aliphatic rings. The van der Waals surface area contributed by atoms with Crippen molar-refractivity contribution in [3.63, 3.8) is 0 Å². The predicted octanol–water partition coefficient (Wildman–Crippen LogP) is 3.60. The average Bonchev–Trinajstić information content (AvgIpc) is 2.80. The van der Waals surface area contributed by atoms with Crippen molar-refractivity contribution in [3.8, 4) is 5.75 Å². The van der Waals surface area contributed by atoms with Crippen molar-refractivity contribution in [2.45, 2.75) is 19.8 Å². The van der Waals surface area contributed by atoms with Crippen LogP contribution in [0.1, 0.15) is 30.1 Å². The van der Waals surface area contributed by atoms with Crippen LogP contribution in [0.4, 0.5) is 11.4 Å². The molecule has 0 aromatic heterocycles. The summed E-state index contributed by atoms with van der Waals surface area (Å²) in [5.74, 6) is -0.468. The summed E-state index contributed by atoms with van der Waals surface area (Å²) in [7, 11) is -2.04. The van der Waals surface area contributed by atoms with Gasteiger partial charge in [-0.25, -0.2) is 8.42 Å². The molecule has 172 valence electrons. The monoisotopic (exact) mass is 479 g/mol. The molecule has 1 saturated heterocycles. The van der Waals surface area contributed by atoms with Crippen LogP contribution in [0.25, 0.3) is 0 Å². The van der Waals surface area contributed by atoms with Crippen LogP contribution in [0.15, 0.2) is 42.5 Å². The van der Waals surface area contributed by atoms with Crippen LogP contribution in [0.5, 0.6) is 5.75 Å². The molecule has 2 aromatic carbocycles. The summed E-state index contributed by atoms with van der Waals surface area (Å²) in [6.07, 6.45) is 1.39. The van der Waals surface area contributed by atoms with E-state index in [1.165, 1.54) is 14.0 Å².